The summed E-state index contributed by atoms with van der Waals surface area (Å²) in [5, 5.41) is 14.5. The Morgan fingerprint density at radius 3 is 2.50 bits per heavy atom. The highest BCUT2D eigenvalue weighted by Crippen LogP contribution is 2.20. The standard InChI is InChI=1S/C12H19F2N3O/c1-3-8(5-6-18)16-12-10(14)7-9(13)11(17-12)15-4-2/h7-8,18H,3-6H2,1-2H3,(H2,15,16,17). The van der Waals surface area contributed by atoms with Crippen molar-refractivity contribution in [3.63, 3.8) is 0 Å². The molecule has 0 spiro atoms. The molecule has 1 atom stereocenters. The molecule has 0 aliphatic rings. The molecule has 0 saturated carbocycles. The summed E-state index contributed by atoms with van der Waals surface area (Å²) in [4.78, 5) is 3.88. The molecule has 1 unspecified atom stereocenters. The van der Waals surface area contributed by atoms with Gasteiger partial charge in [-0.3, -0.25) is 0 Å². The van der Waals surface area contributed by atoms with Gasteiger partial charge in [0.25, 0.3) is 0 Å². The second-order valence-corrected chi connectivity index (χ2v) is 3.94. The lowest BCUT2D eigenvalue weighted by Crippen LogP contribution is -2.22. The first-order chi connectivity index (χ1) is 8.62. The molecular formula is C12H19F2N3O. The van der Waals surface area contributed by atoms with Gasteiger partial charge >= 0.3 is 0 Å². The fourth-order valence-corrected chi connectivity index (χ4v) is 1.59. The molecule has 1 aromatic heterocycles. The van der Waals surface area contributed by atoms with Crippen LogP contribution in [0.2, 0.25) is 0 Å². The number of nitrogens with zero attached hydrogens (tertiary/aromatic N) is 1. The van der Waals surface area contributed by atoms with E-state index in [2.05, 4.69) is 15.6 Å². The summed E-state index contributed by atoms with van der Waals surface area (Å²) in [6.07, 6.45) is 1.21. The van der Waals surface area contributed by atoms with Crippen LogP contribution in [0.5, 0.6) is 0 Å². The minimum absolute atomic E-state index is 0.00708. The maximum atomic E-state index is 13.6. The monoisotopic (exact) mass is 259 g/mol. The fourth-order valence-electron chi connectivity index (χ4n) is 1.59. The fraction of sp³-hybridized carbons (Fsp3) is 0.583. The van der Waals surface area contributed by atoms with E-state index in [1.54, 1.807) is 6.92 Å². The molecule has 0 radical (unpaired) electrons. The van der Waals surface area contributed by atoms with Gasteiger partial charge in [0, 0.05) is 25.3 Å². The van der Waals surface area contributed by atoms with Crippen LogP contribution in [0.3, 0.4) is 0 Å². The minimum Gasteiger partial charge on any atom is -0.396 e. The predicted molar refractivity (Wildman–Crippen MR) is 67.7 cm³/mol. The third kappa shape index (κ3) is 3.80. The van der Waals surface area contributed by atoms with Gasteiger partial charge in [0.15, 0.2) is 23.3 Å². The van der Waals surface area contributed by atoms with Crippen molar-refractivity contribution in [2.24, 2.45) is 0 Å². The number of nitrogens with one attached hydrogen (secondary N) is 2. The number of pyridine rings is 1. The van der Waals surface area contributed by atoms with Gasteiger partial charge in [0.1, 0.15) is 0 Å². The van der Waals surface area contributed by atoms with Crippen molar-refractivity contribution < 1.29 is 13.9 Å². The predicted octanol–water partition coefficient (Wildman–Crippen LogP) is 2.36. The molecule has 0 amide bonds. The average Bonchev–Trinajstić information content (AvgIpc) is 2.34. The molecule has 1 aromatic rings. The van der Waals surface area contributed by atoms with Crippen LogP contribution >= 0.6 is 0 Å². The lowest BCUT2D eigenvalue weighted by molar-refractivity contribution is 0.278. The number of hydrogen-bond acceptors (Lipinski definition) is 4. The molecule has 0 saturated heterocycles. The molecule has 0 aromatic carbocycles. The van der Waals surface area contributed by atoms with Gasteiger partial charge in [-0.1, -0.05) is 6.92 Å². The smallest absolute Gasteiger partial charge is 0.168 e. The molecule has 4 nitrogen and oxygen atoms in total. The summed E-state index contributed by atoms with van der Waals surface area (Å²) < 4.78 is 26.9. The number of aliphatic hydroxyl groups is 1. The first-order valence-electron chi connectivity index (χ1n) is 6.09. The van der Waals surface area contributed by atoms with Crippen LogP contribution in [0.15, 0.2) is 6.07 Å². The summed E-state index contributed by atoms with van der Waals surface area (Å²) in [7, 11) is 0. The Morgan fingerprint density at radius 1 is 1.28 bits per heavy atom. The van der Waals surface area contributed by atoms with E-state index in [9.17, 15) is 8.78 Å². The molecule has 6 heteroatoms. The minimum atomic E-state index is -0.731. The van der Waals surface area contributed by atoms with Crippen molar-refractivity contribution in [1.29, 1.82) is 0 Å². The Bertz CT molecular complexity index is 388. The van der Waals surface area contributed by atoms with E-state index in [4.69, 9.17) is 5.11 Å². The molecule has 0 aliphatic heterocycles. The van der Waals surface area contributed by atoms with Gasteiger partial charge in [0.2, 0.25) is 0 Å². The van der Waals surface area contributed by atoms with Gasteiger partial charge in [-0.15, -0.1) is 0 Å². The zero-order valence-electron chi connectivity index (χ0n) is 10.6. The van der Waals surface area contributed by atoms with E-state index >= 15 is 0 Å². The van der Waals surface area contributed by atoms with Crippen LogP contribution in [0, 0.1) is 11.6 Å². The normalized spacial score (nSPS) is 12.3. The number of aliphatic hydroxyl groups excluding tert-OH is 1. The van der Waals surface area contributed by atoms with Gasteiger partial charge in [-0.25, -0.2) is 13.8 Å². The van der Waals surface area contributed by atoms with Crippen molar-refractivity contribution in [2.45, 2.75) is 32.7 Å². The van der Waals surface area contributed by atoms with Crippen LogP contribution in [0.25, 0.3) is 0 Å². The van der Waals surface area contributed by atoms with E-state index in [0.29, 0.717) is 13.0 Å². The number of halogens is 2. The number of anilines is 2. The molecule has 0 fully saturated rings. The Kier molecular flexibility index (Phi) is 5.77. The number of aromatic nitrogens is 1. The van der Waals surface area contributed by atoms with Crippen LogP contribution in [-0.4, -0.2) is 29.3 Å². The van der Waals surface area contributed by atoms with Gasteiger partial charge in [0.05, 0.1) is 0 Å². The zero-order valence-corrected chi connectivity index (χ0v) is 10.6. The molecule has 18 heavy (non-hydrogen) atoms. The molecular weight excluding hydrogens is 240 g/mol. The van der Waals surface area contributed by atoms with Crippen LogP contribution in [0.4, 0.5) is 20.4 Å². The number of hydrogen-bond donors (Lipinski definition) is 3. The molecule has 102 valence electrons. The molecule has 0 bridgehead atoms. The average molecular weight is 259 g/mol. The Morgan fingerprint density at radius 2 is 1.94 bits per heavy atom. The van der Waals surface area contributed by atoms with Crippen molar-refractivity contribution >= 4 is 11.6 Å². The Hall–Kier alpha value is -1.43. The highest BCUT2D eigenvalue weighted by Gasteiger charge is 2.14. The van der Waals surface area contributed by atoms with Gasteiger partial charge < -0.3 is 15.7 Å². The first-order valence-corrected chi connectivity index (χ1v) is 6.09. The Balaban J connectivity index is 2.89. The van der Waals surface area contributed by atoms with E-state index in [-0.39, 0.29) is 24.3 Å². The summed E-state index contributed by atoms with van der Waals surface area (Å²) in [6.45, 7) is 4.23. The molecule has 1 rings (SSSR count). The maximum Gasteiger partial charge on any atom is 0.168 e. The SMILES string of the molecule is CCNc1nc(NC(CC)CCO)c(F)cc1F. The van der Waals surface area contributed by atoms with E-state index in [0.717, 1.165) is 12.5 Å². The summed E-state index contributed by atoms with van der Waals surface area (Å²) in [6, 6.07) is 0.718. The second kappa shape index (κ2) is 7.10. The summed E-state index contributed by atoms with van der Waals surface area (Å²) >= 11 is 0. The number of rotatable bonds is 7. The Labute approximate surface area is 105 Å². The topological polar surface area (TPSA) is 57.2 Å². The summed E-state index contributed by atoms with van der Waals surface area (Å²) in [5.41, 5.74) is 0. The van der Waals surface area contributed by atoms with E-state index in [1.165, 1.54) is 0 Å². The van der Waals surface area contributed by atoms with Gasteiger partial charge in [-0.05, 0) is 19.8 Å². The molecule has 3 N–H and O–H groups in total. The third-order valence-electron chi connectivity index (χ3n) is 2.58. The van der Waals surface area contributed by atoms with Crippen LogP contribution in [0.1, 0.15) is 26.7 Å². The van der Waals surface area contributed by atoms with Crippen molar-refractivity contribution in [3.8, 4) is 0 Å². The van der Waals surface area contributed by atoms with E-state index in [1.807, 2.05) is 6.92 Å². The van der Waals surface area contributed by atoms with Crippen LogP contribution < -0.4 is 10.6 Å². The molecule has 1 heterocycles. The van der Waals surface area contributed by atoms with E-state index < -0.39 is 11.6 Å². The quantitative estimate of drug-likeness (QED) is 0.703. The highest BCUT2D eigenvalue weighted by atomic mass is 19.1. The van der Waals surface area contributed by atoms with Crippen LogP contribution in [-0.2, 0) is 0 Å². The lowest BCUT2D eigenvalue weighted by Gasteiger charge is -2.17. The van der Waals surface area contributed by atoms with Crippen molar-refractivity contribution in [2.75, 3.05) is 23.8 Å². The second-order valence-electron chi connectivity index (χ2n) is 3.94. The first kappa shape index (κ1) is 14.6. The van der Waals surface area contributed by atoms with Crippen molar-refractivity contribution in [1.82, 2.24) is 4.98 Å². The largest absolute Gasteiger partial charge is 0.396 e. The lowest BCUT2D eigenvalue weighted by atomic mass is 10.1. The zero-order chi connectivity index (χ0) is 13.5. The molecule has 0 aliphatic carbocycles. The summed E-state index contributed by atoms with van der Waals surface area (Å²) in [5.74, 6) is -1.41. The third-order valence-corrected chi connectivity index (χ3v) is 2.58. The van der Waals surface area contributed by atoms with Crippen molar-refractivity contribution in [3.05, 3.63) is 17.7 Å². The maximum absolute atomic E-state index is 13.6. The van der Waals surface area contributed by atoms with Gasteiger partial charge in [-0.2, -0.15) is 0 Å². The highest BCUT2D eigenvalue weighted by molar-refractivity contribution is 5.47.